The largest absolute Gasteiger partial charge is 0.457 e. The van der Waals surface area contributed by atoms with Crippen LogP contribution in [0.5, 0.6) is 0 Å². The van der Waals surface area contributed by atoms with Crippen LogP contribution in [0.25, 0.3) is 10.9 Å². The van der Waals surface area contributed by atoms with Crippen molar-refractivity contribution in [3.05, 3.63) is 42.1 Å². The number of ketones is 1. The number of cyclic esters (lactones) is 1. The number of hydrogen-bond donors (Lipinski definition) is 2. The van der Waals surface area contributed by atoms with Crippen LogP contribution in [-0.2, 0) is 19.1 Å². The van der Waals surface area contributed by atoms with Crippen molar-refractivity contribution in [3.8, 4) is 0 Å². The average molecular weight is 498 g/mol. The number of benzene rings is 1. The van der Waals surface area contributed by atoms with Crippen molar-refractivity contribution in [2.45, 2.75) is 96.7 Å². The maximum atomic E-state index is 13.3. The number of carbonyl (C=O) groups is 2. The lowest BCUT2D eigenvalue weighted by atomic mass is 9.73. The van der Waals surface area contributed by atoms with Crippen LogP contribution in [0, 0.1) is 17.3 Å². The van der Waals surface area contributed by atoms with E-state index in [4.69, 9.17) is 9.47 Å². The molecule has 2 aliphatic rings. The molecule has 36 heavy (non-hydrogen) atoms. The lowest BCUT2D eigenvalue weighted by molar-refractivity contribution is -0.156. The number of nitrogens with zero attached hydrogens (tertiary/aromatic N) is 1. The van der Waals surface area contributed by atoms with E-state index in [1.165, 1.54) is 0 Å². The number of ether oxygens (including phenoxy) is 2. The molecule has 0 bridgehead atoms. The Balaban J connectivity index is 1.62. The number of pyridine rings is 1. The first-order valence-electron chi connectivity index (χ1n) is 13.0. The van der Waals surface area contributed by atoms with Crippen molar-refractivity contribution >= 4 is 22.7 Å². The molecule has 0 spiro atoms. The van der Waals surface area contributed by atoms with Gasteiger partial charge in [0.2, 0.25) is 0 Å². The first kappa shape index (κ1) is 26.7. The molecule has 196 valence electrons. The van der Waals surface area contributed by atoms with Gasteiger partial charge in [-0.15, -0.1) is 0 Å². The molecule has 7 atom stereocenters. The highest BCUT2D eigenvalue weighted by molar-refractivity contribution is 5.88. The summed E-state index contributed by atoms with van der Waals surface area (Å²) in [7, 11) is 0. The Morgan fingerprint density at radius 3 is 2.58 bits per heavy atom. The van der Waals surface area contributed by atoms with E-state index in [0.717, 1.165) is 35.7 Å². The molecule has 0 amide bonds. The van der Waals surface area contributed by atoms with Gasteiger partial charge in [-0.25, -0.2) is 0 Å². The van der Waals surface area contributed by atoms with Crippen LogP contribution >= 0.6 is 0 Å². The Morgan fingerprint density at radius 1 is 1.08 bits per heavy atom. The van der Waals surface area contributed by atoms with Gasteiger partial charge in [-0.3, -0.25) is 14.6 Å². The van der Waals surface area contributed by atoms with Gasteiger partial charge in [0.25, 0.3) is 0 Å². The number of aliphatic hydroxyl groups excluding tert-OH is 2. The van der Waals surface area contributed by atoms with Crippen LogP contribution in [0.2, 0.25) is 0 Å². The van der Waals surface area contributed by atoms with Crippen molar-refractivity contribution in [1.82, 2.24) is 4.98 Å². The predicted octanol–water partition coefficient (Wildman–Crippen LogP) is 4.53. The highest BCUT2D eigenvalue weighted by Gasteiger charge is 2.53. The predicted molar refractivity (Wildman–Crippen MR) is 136 cm³/mol. The molecule has 0 aliphatic carbocycles. The maximum absolute atomic E-state index is 13.3. The summed E-state index contributed by atoms with van der Waals surface area (Å²) in [5, 5.41) is 22.8. The van der Waals surface area contributed by atoms with Crippen LogP contribution < -0.4 is 0 Å². The van der Waals surface area contributed by atoms with Crippen molar-refractivity contribution in [1.29, 1.82) is 0 Å². The van der Waals surface area contributed by atoms with Gasteiger partial charge >= 0.3 is 5.97 Å². The summed E-state index contributed by atoms with van der Waals surface area (Å²) in [4.78, 5) is 30.7. The summed E-state index contributed by atoms with van der Waals surface area (Å²) in [6.45, 7) is 8.97. The summed E-state index contributed by atoms with van der Waals surface area (Å²) in [6.07, 6.45) is 1.66. The molecule has 0 saturated carbocycles. The highest BCUT2D eigenvalue weighted by atomic mass is 16.6. The molecule has 2 N–H and O–H groups in total. The van der Waals surface area contributed by atoms with Gasteiger partial charge in [-0.2, -0.15) is 0 Å². The van der Waals surface area contributed by atoms with Crippen LogP contribution in [0.1, 0.15) is 78.4 Å². The number of fused-ring (bicyclic) bond motifs is 2. The number of rotatable bonds is 1. The lowest BCUT2D eigenvalue weighted by Crippen LogP contribution is -2.45. The van der Waals surface area contributed by atoms with Gasteiger partial charge in [-0.05, 0) is 43.4 Å². The molecule has 2 aliphatic heterocycles. The molecule has 7 heteroatoms. The van der Waals surface area contributed by atoms with Crippen LogP contribution in [0.4, 0.5) is 0 Å². The summed E-state index contributed by atoms with van der Waals surface area (Å²) in [5.41, 5.74) is 0.107. The van der Waals surface area contributed by atoms with Gasteiger partial charge in [0.1, 0.15) is 11.9 Å². The van der Waals surface area contributed by atoms with Crippen LogP contribution in [-0.4, -0.2) is 50.9 Å². The van der Waals surface area contributed by atoms with E-state index < -0.39 is 35.6 Å². The van der Waals surface area contributed by atoms with Gasteiger partial charge < -0.3 is 19.7 Å². The van der Waals surface area contributed by atoms with Crippen LogP contribution in [0.3, 0.4) is 0 Å². The van der Waals surface area contributed by atoms with E-state index in [9.17, 15) is 19.8 Å². The normalized spacial score (nSPS) is 36.2. The SMILES string of the molecule is C[C@H]1CCC[C@@]2(C)O[C@H]2C[C@@H](c2ccc3cccnc3c2)OC(=O)C[C@H](O)C(C)(C)C(=O)[C@H](C)[C@H]1O. The maximum Gasteiger partial charge on any atom is 0.309 e. The quantitative estimate of drug-likeness (QED) is 0.440. The molecule has 1 aromatic carbocycles. The van der Waals surface area contributed by atoms with Crippen molar-refractivity contribution in [3.63, 3.8) is 0 Å². The second-order valence-corrected chi connectivity index (χ2v) is 11.5. The van der Waals surface area contributed by atoms with E-state index in [2.05, 4.69) is 11.9 Å². The van der Waals surface area contributed by atoms with E-state index in [0.29, 0.717) is 6.42 Å². The molecule has 7 nitrogen and oxygen atoms in total. The second-order valence-electron chi connectivity index (χ2n) is 11.5. The standard InChI is InChI=1S/C29H39NO6/c1-17-8-6-12-29(5)24(36-29)15-22(20-11-10-19-9-7-13-30-21(19)14-20)35-25(32)16-23(31)28(3,4)27(34)18(2)26(17)33/h7,9-11,13-14,17-18,22-24,26,31,33H,6,8,12,15-16H2,1-5H3/t17-,18+,22-,23-,24-,26-,29+/m0/s1. The monoisotopic (exact) mass is 497 g/mol. The van der Waals surface area contributed by atoms with Crippen LogP contribution in [0.15, 0.2) is 36.5 Å². The topological polar surface area (TPSA) is 109 Å². The van der Waals surface area contributed by atoms with Gasteiger partial charge in [-0.1, -0.05) is 52.3 Å². The van der Waals surface area contributed by atoms with Gasteiger partial charge in [0.05, 0.1) is 41.3 Å². The zero-order valence-corrected chi connectivity index (χ0v) is 21.9. The van der Waals surface area contributed by atoms with E-state index in [1.807, 2.05) is 37.3 Å². The summed E-state index contributed by atoms with van der Waals surface area (Å²) in [5.74, 6) is -1.57. The van der Waals surface area contributed by atoms with E-state index in [-0.39, 0.29) is 29.8 Å². The van der Waals surface area contributed by atoms with Crippen molar-refractivity contribution < 1.29 is 29.3 Å². The fourth-order valence-corrected chi connectivity index (χ4v) is 5.50. The Bertz CT molecular complexity index is 1120. The molecule has 3 heterocycles. The zero-order chi connectivity index (χ0) is 26.3. The van der Waals surface area contributed by atoms with Crippen molar-refractivity contribution in [2.24, 2.45) is 17.3 Å². The van der Waals surface area contributed by atoms with Crippen molar-refractivity contribution in [2.75, 3.05) is 0 Å². The molecule has 0 radical (unpaired) electrons. The first-order chi connectivity index (χ1) is 16.9. The van der Waals surface area contributed by atoms with Gasteiger partial charge in [0, 0.05) is 23.9 Å². The molecular weight excluding hydrogens is 458 g/mol. The summed E-state index contributed by atoms with van der Waals surface area (Å²) < 4.78 is 12.0. The number of aliphatic hydroxyl groups is 2. The number of hydrogen-bond acceptors (Lipinski definition) is 7. The molecule has 2 aromatic rings. The second kappa shape index (κ2) is 10.2. The Morgan fingerprint density at radius 2 is 1.83 bits per heavy atom. The molecule has 1 aromatic heterocycles. The minimum Gasteiger partial charge on any atom is -0.457 e. The van der Waals surface area contributed by atoms with E-state index >= 15 is 0 Å². The number of esters is 1. The minimum absolute atomic E-state index is 0.0651. The van der Waals surface area contributed by atoms with E-state index in [1.54, 1.807) is 27.0 Å². The molecule has 0 unspecified atom stereocenters. The average Bonchev–Trinajstić information content (AvgIpc) is 3.49. The lowest BCUT2D eigenvalue weighted by Gasteiger charge is -2.34. The smallest absolute Gasteiger partial charge is 0.309 e. The molecule has 2 saturated heterocycles. The Kier molecular flexibility index (Phi) is 7.56. The zero-order valence-electron chi connectivity index (χ0n) is 21.9. The number of aromatic nitrogens is 1. The Hall–Kier alpha value is -2.35. The molecular formula is C29H39NO6. The third kappa shape index (κ3) is 5.48. The minimum atomic E-state index is -1.24. The van der Waals surface area contributed by atoms with Gasteiger partial charge in [0.15, 0.2) is 0 Å². The molecule has 2 fully saturated rings. The number of epoxide rings is 1. The Labute approximate surface area is 213 Å². The third-order valence-corrected chi connectivity index (χ3v) is 8.41. The number of carbonyl (C=O) groups excluding carboxylic acids is 2. The number of Topliss-reactive ketones (excluding diaryl/α,β-unsaturated/α-hetero) is 1. The third-order valence-electron chi connectivity index (χ3n) is 8.41. The summed E-state index contributed by atoms with van der Waals surface area (Å²) in [6, 6.07) is 9.69. The summed E-state index contributed by atoms with van der Waals surface area (Å²) >= 11 is 0. The molecule has 4 rings (SSSR count). The fraction of sp³-hybridized carbons (Fsp3) is 0.621. The fourth-order valence-electron chi connectivity index (χ4n) is 5.50. The highest BCUT2D eigenvalue weighted by Crippen LogP contribution is 2.46. The first-order valence-corrected chi connectivity index (χ1v) is 13.0.